The van der Waals surface area contributed by atoms with Crippen molar-refractivity contribution >= 4 is 16.9 Å². The molecule has 24 heavy (non-hydrogen) atoms. The van der Waals surface area contributed by atoms with Gasteiger partial charge in [-0.25, -0.2) is 0 Å². The fourth-order valence-corrected chi connectivity index (χ4v) is 3.21. The Morgan fingerprint density at radius 2 is 1.92 bits per heavy atom. The molecule has 0 radical (unpaired) electrons. The summed E-state index contributed by atoms with van der Waals surface area (Å²) in [5.41, 5.74) is 4.91. The number of fused-ring (bicyclic) bond motifs is 2. The lowest BCUT2D eigenvalue weighted by atomic mass is 10.0. The molecular formula is C20H15NO3. The first-order valence-corrected chi connectivity index (χ1v) is 7.95. The van der Waals surface area contributed by atoms with E-state index in [1.54, 1.807) is 30.5 Å². The van der Waals surface area contributed by atoms with Crippen LogP contribution < -0.4 is 4.74 Å². The maximum Gasteiger partial charge on any atom is 0.315 e. The highest BCUT2D eigenvalue weighted by Crippen LogP contribution is 2.30. The van der Waals surface area contributed by atoms with Crippen molar-refractivity contribution in [3.63, 3.8) is 0 Å². The molecule has 1 aliphatic rings. The molecule has 0 atom stereocenters. The van der Waals surface area contributed by atoms with Crippen molar-refractivity contribution in [2.75, 3.05) is 0 Å². The van der Waals surface area contributed by atoms with Crippen molar-refractivity contribution in [1.29, 1.82) is 5.26 Å². The summed E-state index contributed by atoms with van der Waals surface area (Å²) in [6.45, 7) is 0. The van der Waals surface area contributed by atoms with E-state index >= 15 is 0 Å². The van der Waals surface area contributed by atoms with Gasteiger partial charge in [0.2, 0.25) is 0 Å². The first-order valence-electron chi connectivity index (χ1n) is 7.95. The molecule has 0 spiro atoms. The van der Waals surface area contributed by atoms with E-state index in [9.17, 15) is 4.79 Å². The average molecular weight is 317 g/mol. The normalized spacial score (nSPS) is 12.8. The van der Waals surface area contributed by atoms with E-state index in [0.717, 1.165) is 29.4 Å². The minimum Gasteiger partial charge on any atom is -0.464 e. The van der Waals surface area contributed by atoms with Crippen molar-refractivity contribution in [2.24, 2.45) is 0 Å². The van der Waals surface area contributed by atoms with Gasteiger partial charge < -0.3 is 9.15 Å². The van der Waals surface area contributed by atoms with Gasteiger partial charge in [-0.1, -0.05) is 0 Å². The van der Waals surface area contributed by atoms with Crippen LogP contribution in [0, 0.1) is 11.3 Å². The number of esters is 1. The summed E-state index contributed by atoms with van der Waals surface area (Å²) < 4.78 is 11.0. The summed E-state index contributed by atoms with van der Waals surface area (Å²) in [4.78, 5) is 12.2. The Labute approximate surface area is 139 Å². The zero-order valence-corrected chi connectivity index (χ0v) is 13.0. The van der Waals surface area contributed by atoms with Gasteiger partial charge >= 0.3 is 5.97 Å². The van der Waals surface area contributed by atoms with Gasteiger partial charge in [0.1, 0.15) is 11.3 Å². The van der Waals surface area contributed by atoms with E-state index in [1.807, 2.05) is 6.07 Å². The molecule has 4 heteroatoms. The van der Waals surface area contributed by atoms with Gasteiger partial charge in [-0.05, 0) is 66.8 Å². The van der Waals surface area contributed by atoms with Crippen LogP contribution in [0.4, 0.5) is 0 Å². The third kappa shape index (κ3) is 2.65. The van der Waals surface area contributed by atoms with Gasteiger partial charge in [0.05, 0.1) is 24.3 Å². The third-order valence-electron chi connectivity index (χ3n) is 4.42. The van der Waals surface area contributed by atoms with Gasteiger partial charge in [0.25, 0.3) is 0 Å². The van der Waals surface area contributed by atoms with E-state index in [0.29, 0.717) is 11.3 Å². The molecule has 2 aromatic carbocycles. The standard InChI is InChI=1S/C20H15NO3/c21-11-13-4-6-17(7-5-13)24-20(22)10-16-12-23-19-9-15-3-1-2-14(15)8-18(16)19/h4-9,12H,1-3,10H2. The van der Waals surface area contributed by atoms with Crippen LogP contribution in [-0.4, -0.2) is 5.97 Å². The van der Waals surface area contributed by atoms with Crippen LogP contribution in [0.1, 0.15) is 28.7 Å². The van der Waals surface area contributed by atoms with Crippen LogP contribution in [-0.2, 0) is 24.1 Å². The monoisotopic (exact) mass is 317 g/mol. The smallest absolute Gasteiger partial charge is 0.315 e. The summed E-state index contributed by atoms with van der Waals surface area (Å²) in [6, 6.07) is 12.8. The molecule has 0 unspecified atom stereocenters. The molecule has 0 aliphatic heterocycles. The lowest BCUT2D eigenvalue weighted by Crippen LogP contribution is -2.10. The van der Waals surface area contributed by atoms with E-state index in [1.165, 1.54) is 17.5 Å². The molecule has 0 fully saturated rings. The van der Waals surface area contributed by atoms with E-state index < -0.39 is 0 Å². The van der Waals surface area contributed by atoms with Crippen molar-refractivity contribution in [3.05, 3.63) is 64.9 Å². The maximum atomic E-state index is 12.2. The minimum absolute atomic E-state index is 0.159. The molecular weight excluding hydrogens is 302 g/mol. The second-order valence-electron chi connectivity index (χ2n) is 6.02. The van der Waals surface area contributed by atoms with Gasteiger partial charge in [0.15, 0.2) is 0 Å². The average Bonchev–Trinajstić information content (AvgIpc) is 3.20. The summed E-state index contributed by atoms with van der Waals surface area (Å²) >= 11 is 0. The molecule has 3 aromatic rings. The maximum absolute atomic E-state index is 12.2. The molecule has 4 nitrogen and oxygen atoms in total. The summed E-state index contributed by atoms with van der Waals surface area (Å²) in [7, 11) is 0. The SMILES string of the molecule is N#Cc1ccc(OC(=O)Cc2coc3cc4c(cc23)CCC4)cc1. The Kier molecular flexibility index (Phi) is 3.55. The molecule has 0 bridgehead atoms. The van der Waals surface area contributed by atoms with Gasteiger partial charge in [0, 0.05) is 10.9 Å². The van der Waals surface area contributed by atoms with E-state index in [2.05, 4.69) is 12.1 Å². The molecule has 0 saturated carbocycles. The topological polar surface area (TPSA) is 63.2 Å². The first kappa shape index (κ1) is 14.5. The number of hydrogen-bond donors (Lipinski definition) is 0. The van der Waals surface area contributed by atoms with Gasteiger partial charge in [-0.2, -0.15) is 5.26 Å². The molecule has 118 valence electrons. The van der Waals surface area contributed by atoms with Crippen LogP contribution in [0.2, 0.25) is 0 Å². The number of benzene rings is 2. The molecule has 1 aromatic heterocycles. The Balaban J connectivity index is 1.53. The molecule has 1 heterocycles. The van der Waals surface area contributed by atoms with E-state index in [4.69, 9.17) is 14.4 Å². The minimum atomic E-state index is -0.345. The van der Waals surface area contributed by atoms with Crippen molar-refractivity contribution in [2.45, 2.75) is 25.7 Å². The fourth-order valence-electron chi connectivity index (χ4n) is 3.21. The second-order valence-corrected chi connectivity index (χ2v) is 6.02. The Hall–Kier alpha value is -3.06. The molecule has 0 saturated heterocycles. The van der Waals surface area contributed by atoms with Crippen LogP contribution in [0.5, 0.6) is 5.75 Å². The Bertz CT molecular complexity index is 961. The highest BCUT2D eigenvalue weighted by molar-refractivity contribution is 5.87. The number of carbonyl (C=O) groups excluding carboxylic acids is 1. The predicted molar refractivity (Wildman–Crippen MR) is 88.7 cm³/mol. The van der Waals surface area contributed by atoms with Gasteiger partial charge in [-0.15, -0.1) is 0 Å². The van der Waals surface area contributed by atoms with Crippen LogP contribution >= 0.6 is 0 Å². The fraction of sp³-hybridized carbons (Fsp3) is 0.200. The number of carbonyl (C=O) groups is 1. The Morgan fingerprint density at radius 3 is 2.67 bits per heavy atom. The predicted octanol–water partition coefficient (Wildman–Crippen LogP) is 3.94. The van der Waals surface area contributed by atoms with E-state index in [-0.39, 0.29) is 12.4 Å². The number of rotatable bonds is 3. The summed E-state index contributed by atoms with van der Waals surface area (Å²) in [6.07, 6.45) is 5.16. The summed E-state index contributed by atoms with van der Waals surface area (Å²) in [5.74, 6) is 0.0931. The highest BCUT2D eigenvalue weighted by atomic mass is 16.5. The van der Waals surface area contributed by atoms with Crippen LogP contribution in [0.3, 0.4) is 0 Å². The lowest BCUT2D eigenvalue weighted by molar-refractivity contribution is -0.133. The van der Waals surface area contributed by atoms with Crippen molar-refractivity contribution in [1.82, 2.24) is 0 Å². The van der Waals surface area contributed by atoms with Crippen molar-refractivity contribution in [3.8, 4) is 11.8 Å². The highest BCUT2D eigenvalue weighted by Gasteiger charge is 2.17. The zero-order chi connectivity index (χ0) is 16.5. The molecule has 4 rings (SSSR count). The van der Waals surface area contributed by atoms with Crippen molar-refractivity contribution < 1.29 is 13.9 Å². The van der Waals surface area contributed by atoms with Crippen LogP contribution in [0.15, 0.2) is 47.1 Å². The van der Waals surface area contributed by atoms with Crippen LogP contribution in [0.25, 0.3) is 11.0 Å². The largest absolute Gasteiger partial charge is 0.464 e. The second kappa shape index (κ2) is 5.86. The molecule has 0 N–H and O–H groups in total. The number of nitriles is 1. The number of nitrogens with zero attached hydrogens (tertiary/aromatic N) is 1. The lowest BCUT2D eigenvalue weighted by Gasteiger charge is -2.04. The number of hydrogen-bond acceptors (Lipinski definition) is 4. The molecule has 1 aliphatic carbocycles. The third-order valence-corrected chi connectivity index (χ3v) is 4.42. The number of ether oxygens (including phenoxy) is 1. The zero-order valence-electron chi connectivity index (χ0n) is 13.0. The Morgan fingerprint density at radius 1 is 1.17 bits per heavy atom. The summed E-state index contributed by atoms with van der Waals surface area (Å²) in [5, 5.41) is 9.77. The molecule has 0 amide bonds. The number of furan rings is 1. The van der Waals surface area contributed by atoms with Gasteiger partial charge in [-0.3, -0.25) is 4.79 Å². The first-order chi connectivity index (χ1) is 11.7. The number of aryl methyl sites for hydroxylation is 2. The quantitative estimate of drug-likeness (QED) is 0.542.